The van der Waals surface area contributed by atoms with Gasteiger partial charge in [-0.05, 0) is 62.6 Å². The molecule has 0 bridgehead atoms. The summed E-state index contributed by atoms with van der Waals surface area (Å²) < 4.78 is 13.5. The quantitative estimate of drug-likeness (QED) is 0.839. The van der Waals surface area contributed by atoms with Crippen LogP contribution in [0.3, 0.4) is 0 Å². The highest BCUT2D eigenvalue weighted by Crippen LogP contribution is 2.26. The summed E-state index contributed by atoms with van der Waals surface area (Å²) >= 11 is 0. The van der Waals surface area contributed by atoms with Crippen LogP contribution >= 0.6 is 0 Å². The number of nitrogens with one attached hydrogen (secondary N) is 1. The van der Waals surface area contributed by atoms with E-state index in [4.69, 9.17) is 0 Å². The van der Waals surface area contributed by atoms with Crippen LogP contribution in [-0.2, 0) is 0 Å². The maximum absolute atomic E-state index is 13.5. The molecular formula is C16H24FN. The highest BCUT2D eigenvalue weighted by atomic mass is 19.1. The number of halogens is 1. The molecule has 1 atom stereocenters. The van der Waals surface area contributed by atoms with Crippen LogP contribution in [0.4, 0.5) is 4.39 Å². The van der Waals surface area contributed by atoms with Crippen LogP contribution in [0.25, 0.3) is 0 Å². The fraction of sp³-hybridized carbons (Fsp3) is 0.625. The summed E-state index contributed by atoms with van der Waals surface area (Å²) in [5.41, 5.74) is 1.77. The summed E-state index contributed by atoms with van der Waals surface area (Å²) in [5, 5.41) is 3.64. The number of rotatable bonds is 3. The third-order valence-corrected chi connectivity index (χ3v) is 4.20. The molecule has 1 nitrogen and oxygen atoms in total. The van der Waals surface area contributed by atoms with Crippen LogP contribution in [0, 0.1) is 18.7 Å². The van der Waals surface area contributed by atoms with Gasteiger partial charge in [0.1, 0.15) is 5.82 Å². The lowest BCUT2D eigenvalue weighted by Gasteiger charge is -2.30. The van der Waals surface area contributed by atoms with E-state index in [0.29, 0.717) is 6.04 Å². The molecule has 2 heteroatoms. The van der Waals surface area contributed by atoms with E-state index in [1.807, 2.05) is 12.1 Å². The monoisotopic (exact) mass is 249 g/mol. The predicted octanol–water partition coefficient (Wildman–Crippen LogP) is 4.36. The SMILES string of the molecule is Cc1ccc(C(C)NC2CCC(C)CC2)cc1F. The molecule has 0 radical (unpaired) electrons. The molecule has 2 rings (SSSR count). The van der Waals surface area contributed by atoms with Gasteiger partial charge in [0.15, 0.2) is 0 Å². The average molecular weight is 249 g/mol. The van der Waals surface area contributed by atoms with Crippen molar-refractivity contribution in [3.05, 3.63) is 35.1 Å². The van der Waals surface area contributed by atoms with Gasteiger partial charge in [0.25, 0.3) is 0 Å². The van der Waals surface area contributed by atoms with Gasteiger partial charge in [0.2, 0.25) is 0 Å². The molecule has 0 heterocycles. The van der Waals surface area contributed by atoms with Crippen molar-refractivity contribution < 1.29 is 4.39 Å². The minimum Gasteiger partial charge on any atom is -0.307 e. The molecule has 1 aliphatic carbocycles. The zero-order valence-electron chi connectivity index (χ0n) is 11.7. The lowest BCUT2D eigenvalue weighted by Crippen LogP contribution is -2.34. The Morgan fingerprint density at radius 3 is 2.50 bits per heavy atom. The van der Waals surface area contributed by atoms with Gasteiger partial charge < -0.3 is 5.32 Å². The standard InChI is InChI=1S/C16H24FN/c1-11-4-8-15(9-5-11)18-13(3)14-7-6-12(2)16(17)10-14/h6-7,10-11,13,15,18H,4-5,8-9H2,1-3H3. The number of hydrogen-bond donors (Lipinski definition) is 1. The first-order chi connectivity index (χ1) is 8.56. The molecule has 1 unspecified atom stereocenters. The van der Waals surface area contributed by atoms with Crippen LogP contribution in [0.5, 0.6) is 0 Å². The smallest absolute Gasteiger partial charge is 0.126 e. The van der Waals surface area contributed by atoms with E-state index in [-0.39, 0.29) is 11.9 Å². The van der Waals surface area contributed by atoms with Crippen molar-refractivity contribution in [2.24, 2.45) is 5.92 Å². The van der Waals surface area contributed by atoms with Gasteiger partial charge in [-0.25, -0.2) is 4.39 Å². The van der Waals surface area contributed by atoms with Crippen molar-refractivity contribution >= 4 is 0 Å². The molecule has 0 spiro atoms. The molecule has 1 aliphatic rings. The first-order valence-corrected chi connectivity index (χ1v) is 7.08. The maximum atomic E-state index is 13.5. The number of benzene rings is 1. The van der Waals surface area contributed by atoms with Gasteiger partial charge in [-0.15, -0.1) is 0 Å². The molecule has 0 aromatic heterocycles. The Balaban J connectivity index is 1.94. The molecule has 1 N–H and O–H groups in total. The lowest BCUT2D eigenvalue weighted by molar-refractivity contribution is 0.291. The largest absolute Gasteiger partial charge is 0.307 e. The molecule has 18 heavy (non-hydrogen) atoms. The van der Waals surface area contributed by atoms with E-state index in [1.54, 1.807) is 13.0 Å². The Hall–Kier alpha value is -0.890. The van der Waals surface area contributed by atoms with Gasteiger partial charge in [0.05, 0.1) is 0 Å². The van der Waals surface area contributed by atoms with Crippen LogP contribution in [-0.4, -0.2) is 6.04 Å². The fourth-order valence-electron chi connectivity index (χ4n) is 2.75. The molecule has 1 saturated carbocycles. The summed E-state index contributed by atoms with van der Waals surface area (Å²) in [6.45, 7) is 6.26. The van der Waals surface area contributed by atoms with E-state index in [0.717, 1.165) is 17.0 Å². The van der Waals surface area contributed by atoms with E-state index >= 15 is 0 Å². The van der Waals surface area contributed by atoms with Crippen LogP contribution in [0.15, 0.2) is 18.2 Å². The second-order valence-corrected chi connectivity index (χ2v) is 5.85. The van der Waals surface area contributed by atoms with Gasteiger partial charge in [-0.1, -0.05) is 19.1 Å². The molecule has 1 aromatic carbocycles. The average Bonchev–Trinajstić information content (AvgIpc) is 2.35. The molecule has 1 fully saturated rings. The third kappa shape index (κ3) is 3.32. The Bertz CT molecular complexity index is 394. The molecule has 0 amide bonds. The van der Waals surface area contributed by atoms with E-state index in [2.05, 4.69) is 19.2 Å². The van der Waals surface area contributed by atoms with Crippen molar-refractivity contribution in [3.8, 4) is 0 Å². The topological polar surface area (TPSA) is 12.0 Å². The molecule has 0 saturated heterocycles. The Kier molecular flexibility index (Phi) is 4.39. The van der Waals surface area contributed by atoms with Crippen LogP contribution in [0.1, 0.15) is 56.7 Å². The van der Waals surface area contributed by atoms with Crippen LogP contribution in [0.2, 0.25) is 0 Å². The van der Waals surface area contributed by atoms with Crippen molar-refractivity contribution in [1.82, 2.24) is 5.32 Å². The normalized spacial score (nSPS) is 26.0. The van der Waals surface area contributed by atoms with Crippen molar-refractivity contribution in [3.63, 3.8) is 0 Å². The Labute approximate surface area is 110 Å². The van der Waals surface area contributed by atoms with Crippen molar-refractivity contribution in [2.45, 2.75) is 58.5 Å². The lowest BCUT2D eigenvalue weighted by atomic mass is 9.87. The Morgan fingerprint density at radius 1 is 1.22 bits per heavy atom. The number of aryl methyl sites for hydroxylation is 1. The number of hydrogen-bond acceptors (Lipinski definition) is 1. The highest BCUT2D eigenvalue weighted by molar-refractivity contribution is 5.25. The first kappa shape index (κ1) is 13.5. The zero-order valence-corrected chi connectivity index (χ0v) is 11.7. The minimum atomic E-state index is -0.0987. The molecular weight excluding hydrogens is 225 g/mol. The van der Waals surface area contributed by atoms with Crippen molar-refractivity contribution in [1.29, 1.82) is 0 Å². The second kappa shape index (κ2) is 5.83. The van der Waals surface area contributed by atoms with E-state index < -0.39 is 0 Å². The van der Waals surface area contributed by atoms with Crippen molar-refractivity contribution in [2.75, 3.05) is 0 Å². The summed E-state index contributed by atoms with van der Waals surface area (Å²) in [4.78, 5) is 0. The van der Waals surface area contributed by atoms with E-state index in [1.165, 1.54) is 25.7 Å². The van der Waals surface area contributed by atoms with Gasteiger partial charge in [-0.3, -0.25) is 0 Å². The zero-order chi connectivity index (χ0) is 13.1. The predicted molar refractivity (Wildman–Crippen MR) is 74.1 cm³/mol. The Morgan fingerprint density at radius 2 is 1.89 bits per heavy atom. The van der Waals surface area contributed by atoms with Gasteiger partial charge in [0, 0.05) is 12.1 Å². The summed E-state index contributed by atoms with van der Waals surface area (Å²) in [6.07, 6.45) is 5.12. The minimum absolute atomic E-state index is 0.0987. The molecule has 0 aliphatic heterocycles. The maximum Gasteiger partial charge on any atom is 0.126 e. The van der Waals surface area contributed by atoms with Crippen LogP contribution < -0.4 is 5.32 Å². The summed E-state index contributed by atoms with van der Waals surface area (Å²) in [7, 11) is 0. The molecule has 100 valence electrons. The second-order valence-electron chi connectivity index (χ2n) is 5.85. The molecule has 1 aromatic rings. The summed E-state index contributed by atoms with van der Waals surface area (Å²) in [5.74, 6) is 0.772. The highest BCUT2D eigenvalue weighted by Gasteiger charge is 2.20. The summed E-state index contributed by atoms with van der Waals surface area (Å²) in [6, 6.07) is 6.39. The third-order valence-electron chi connectivity index (χ3n) is 4.20. The van der Waals surface area contributed by atoms with Gasteiger partial charge in [-0.2, -0.15) is 0 Å². The fourth-order valence-corrected chi connectivity index (χ4v) is 2.75. The first-order valence-electron chi connectivity index (χ1n) is 7.08. The van der Waals surface area contributed by atoms with Gasteiger partial charge >= 0.3 is 0 Å². The van der Waals surface area contributed by atoms with E-state index in [9.17, 15) is 4.39 Å².